The molecule has 0 atom stereocenters. The molecule has 2 amide bonds. The maximum absolute atomic E-state index is 12.6. The van der Waals surface area contributed by atoms with Gasteiger partial charge in [0.1, 0.15) is 17.1 Å². The maximum Gasteiger partial charge on any atom is 0.282 e. The van der Waals surface area contributed by atoms with Crippen LogP contribution < -0.4 is 10.4 Å². The van der Waals surface area contributed by atoms with E-state index in [-0.39, 0.29) is 22.8 Å². The molecular formula is C21H15N3O5. The van der Waals surface area contributed by atoms with Crippen molar-refractivity contribution >= 4 is 29.3 Å². The topological polar surface area (TPSA) is 106 Å². The standard InChI is InChI=1S/C21H15N3O5/c1-13-7-9-16(18(11-13)24(27)28)19-10-8-15(29-19)12-17-20(25)22-23(21(17)26)14-5-3-2-4-6-14/h2-12H,1H3,(H,22,25)/b17-12+. The lowest BCUT2D eigenvalue weighted by Crippen LogP contribution is -2.35. The first-order chi connectivity index (χ1) is 13.9. The van der Waals surface area contributed by atoms with E-state index >= 15 is 0 Å². The van der Waals surface area contributed by atoms with Gasteiger partial charge in [0.2, 0.25) is 0 Å². The number of nitrogens with one attached hydrogen (secondary N) is 1. The van der Waals surface area contributed by atoms with Gasteiger partial charge < -0.3 is 4.42 Å². The smallest absolute Gasteiger partial charge is 0.282 e. The molecule has 3 aromatic rings. The van der Waals surface area contributed by atoms with Crippen molar-refractivity contribution in [2.45, 2.75) is 6.92 Å². The van der Waals surface area contributed by atoms with Gasteiger partial charge >= 0.3 is 0 Å². The molecule has 0 aliphatic carbocycles. The van der Waals surface area contributed by atoms with Gasteiger partial charge in [-0.05, 0) is 48.9 Å². The third-order valence-corrected chi connectivity index (χ3v) is 4.43. The molecule has 0 bridgehead atoms. The molecule has 29 heavy (non-hydrogen) atoms. The summed E-state index contributed by atoms with van der Waals surface area (Å²) in [5.74, 6) is -0.559. The number of hydrogen-bond acceptors (Lipinski definition) is 5. The molecule has 4 rings (SSSR count). The quantitative estimate of drug-likeness (QED) is 0.317. The lowest BCUT2D eigenvalue weighted by atomic mass is 10.1. The molecule has 0 radical (unpaired) electrons. The zero-order valence-electron chi connectivity index (χ0n) is 15.3. The normalized spacial score (nSPS) is 15.1. The van der Waals surface area contributed by atoms with Crippen molar-refractivity contribution in [2.75, 3.05) is 5.01 Å². The van der Waals surface area contributed by atoms with Crippen LogP contribution in [-0.2, 0) is 9.59 Å². The van der Waals surface area contributed by atoms with Gasteiger partial charge in [0.05, 0.1) is 16.2 Å². The van der Waals surface area contributed by atoms with Crippen molar-refractivity contribution in [1.82, 2.24) is 5.43 Å². The molecule has 1 aliphatic rings. The highest BCUT2D eigenvalue weighted by Gasteiger charge is 2.34. The highest BCUT2D eigenvalue weighted by atomic mass is 16.6. The van der Waals surface area contributed by atoms with E-state index in [1.165, 1.54) is 12.1 Å². The van der Waals surface area contributed by atoms with Gasteiger partial charge in [-0.1, -0.05) is 24.3 Å². The molecule has 1 saturated heterocycles. The summed E-state index contributed by atoms with van der Waals surface area (Å²) in [7, 11) is 0. The van der Waals surface area contributed by atoms with E-state index < -0.39 is 16.7 Å². The van der Waals surface area contributed by atoms with Crippen LogP contribution >= 0.6 is 0 Å². The molecule has 2 heterocycles. The number of nitrogens with zero attached hydrogens (tertiary/aromatic N) is 2. The van der Waals surface area contributed by atoms with Crippen molar-refractivity contribution in [3.8, 4) is 11.3 Å². The number of carbonyl (C=O) groups is 2. The molecule has 1 aromatic heterocycles. The fourth-order valence-electron chi connectivity index (χ4n) is 3.03. The molecule has 1 N–H and O–H groups in total. The number of rotatable bonds is 4. The summed E-state index contributed by atoms with van der Waals surface area (Å²) < 4.78 is 5.67. The van der Waals surface area contributed by atoms with Crippen molar-refractivity contribution in [2.24, 2.45) is 0 Å². The summed E-state index contributed by atoms with van der Waals surface area (Å²) >= 11 is 0. The summed E-state index contributed by atoms with van der Waals surface area (Å²) in [6, 6.07) is 16.6. The molecule has 144 valence electrons. The second-order valence-corrected chi connectivity index (χ2v) is 6.45. The predicted octanol–water partition coefficient (Wildman–Crippen LogP) is 3.62. The summed E-state index contributed by atoms with van der Waals surface area (Å²) in [4.78, 5) is 35.7. The Labute approximate surface area is 165 Å². The van der Waals surface area contributed by atoms with E-state index in [0.29, 0.717) is 11.3 Å². The van der Waals surface area contributed by atoms with Gasteiger partial charge in [-0.25, -0.2) is 5.01 Å². The summed E-state index contributed by atoms with van der Waals surface area (Å²) in [6.07, 6.45) is 1.32. The summed E-state index contributed by atoms with van der Waals surface area (Å²) in [6.45, 7) is 1.76. The number of hydrogen-bond donors (Lipinski definition) is 1. The Kier molecular flexibility index (Phi) is 4.44. The van der Waals surface area contributed by atoms with Crippen LogP contribution in [-0.4, -0.2) is 16.7 Å². The van der Waals surface area contributed by atoms with E-state index in [0.717, 1.165) is 10.6 Å². The molecule has 0 unspecified atom stereocenters. The van der Waals surface area contributed by atoms with Crippen LogP contribution in [0.5, 0.6) is 0 Å². The Balaban J connectivity index is 1.66. The van der Waals surface area contributed by atoms with Crippen LogP contribution in [0.2, 0.25) is 0 Å². The maximum atomic E-state index is 12.6. The number of nitro groups is 1. The lowest BCUT2D eigenvalue weighted by Gasteiger charge is -2.13. The monoisotopic (exact) mass is 389 g/mol. The number of benzene rings is 2. The van der Waals surface area contributed by atoms with Gasteiger partial charge in [-0.15, -0.1) is 0 Å². The molecule has 8 nitrogen and oxygen atoms in total. The van der Waals surface area contributed by atoms with Crippen molar-refractivity contribution in [3.05, 3.63) is 87.7 Å². The molecule has 2 aromatic carbocycles. The summed E-state index contributed by atoms with van der Waals surface area (Å²) in [5.41, 5.74) is 3.94. The number of nitro benzene ring substituents is 1. The Morgan fingerprint density at radius 3 is 2.55 bits per heavy atom. The fraction of sp³-hybridized carbons (Fsp3) is 0.0476. The first kappa shape index (κ1) is 18.2. The molecule has 1 aliphatic heterocycles. The molecule has 8 heteroatoms. The molecule has 0 saturated carbocycles. The minimum Gasteiger partial charge on any atom is -0.456 e. The van der Waals surface area contributed by atoms with Gasteiger partial charge in [0, 0.05) is 6.07 Å². The zero-order valence-corrected chi connectivity index (χ0v) is 15.3. The van der Waals surface area contributed by atoms with E-state index in [2.05, 4.69) is 5.43 Å². The van der Waals surface area contributed by atoms with Gasteiger partial charge in [0.25, 0.3) is 17.5 Å². The number of anilines is 1. The van der Waals surface area contributed by atoms with Crippen molar-refractivity contribution in [3.63, 3.8) is 0 Å². The van der Waals surface area contributed by atoms with E-state index in [1.807, 2.05) is 0 Å². The van der Waals surface area contributed by atoms with Crippen LogP contribution in [0, 0.1) is 17.0 Å². The number of hydrazine groups is 1. The predicted molar refractivity (Wildman–Crippen MR) is 106 cm³/mol. The SMILES string of the molecule is Cc1ccc(-c2ccc(/C=C3\C(=O)NN(c4ccccc4)C3=O)o2)c([N+](=O)[O-])c1. The Bertz CT molecular complexity index is 1160. The first-order valence-corrected chi connectivity index (χ1v) is 8.71. The lowest BCUT2D eigenvalue weighted by molar-refractivity contribution is -0.384. The zero-order chi connectivity index (χ0) is 20.5. The highest BCUT2D eigenvalue weighted by molar-refractivity contribution is 6.31. The number of aryl methyl sites for hydroxylation is 1. The van der Waals surface area contributed by atoms with E-state index in [1.54, 1.807) is 61.5 Å². The van der Waals surface area contributed by atoms with Crippen molar-refractivity contribution in [1.29, 1.82) is 0 Å². The van der Waals surface area contributed by atoms with Gasteiger partial charge in [0.15, 0.2) is 0 Å². The number of amides is 2. The number of carbonyl (C=O) groups excluding carboxylic acids is 2. The number of furan rings is 1. The Morgan fingerprint density at radius 1 is 1.07 bits per heavy atom. The Hall–Kier alpha value is -4.20. The largest absolute Gasteiger partial charge is 0.456 e. The van der Waals surface area contributed by atoms with Crippen molar-refractivity contribution < 1.29 is 18.9 Å². The van der Waals surface area contributed by atoms with Crippen LogP contribution in [0.15, 0.2) is 70.7 Å². The average Bonchev–Trinajstić information content (AvgIpc) is 3.28. The van der Waals surface area contributed by atoms with E-state index in [9.17, 15) is 19.7 Å². The molecule has 1 fully saturated rings. The summed E-state index contributed by atoms with van der Waals surface area (Å²) in [5, 5.41) is 12.5. The van der Waals surface area contributed by atoms with Crippen LogP contribution in [0.1, 0.15) is 11.3 Å². The third kappa shape index (κ3) is 3.39. The minimum absolute atomic E-state index is 0.0801. The Morgan fingerprint density at radius 2 is 1.83 bits per heavy atom. The number of para-hydroxylation sites is 1. The van der Waals surface area contributed by atoms with Gasteiger partial charge in [-0.2, -0.15) is 0 Å². The van der Waals surface area contributed by atoms with E-state index in [4.69, 9.17) is 4.42 Å². The van der Waals surface area contributed by atoms with Gasteiger partial charge in [-0.3, -0.25) is 25.1 Å². The highest BCUT2D eigenvalue weighted by Crippen LogP contribution is 2.32. The average molecular weight is 389 g/mol. The second-order valence-electron chi connectivity index (χ2n) is 6.45. The fourth-order valence-corrected chi connectivity index (χ4v) is 3.03. The van der Waals surface area contributed by atoms with Crippen LogP contribution in [0.4, 0.5) is 11.4 Å². The third-order valence-electron chi connectivity index (χ3n) is 4.43. The molecule has 0 spiro atoms. The second kappa shape index (κ2) is 7.08. The molecular weight excluding hydrogens is 374 g/mol. The first-order valence-electron chi connectivity index (χ1n) is 8.71. The minimum atomic E-state index is -0.557. The van der Waals surface area contributed by atoms with Crippen LogP contribution in [0.25, 0.3) is 17.4 Å². The van der Waals surface area contributed by atoms with Crippen LogP contribution in [0.3, 0.4) is 0 Å².